The maximum atomic E-state index is 13.7. The van der Waals surface area contributed by atoms with Gasteiger partial charge < -0.3 is 10.6 Å². The zero-order valence-corrected chi connectivity index (χ0v) is 17.0. The second-order valence-electron chi connectivity index (χ2n) is 6.49. The summed E-state index contributed by atoms with van der Waals surface area (Å²) >= 11 is 6.88. The summed E-state index contributed by atoms with van der Waals surface area (Å²) in [7, 11) is 1.72. The molecule has 2 amide bonds. The van der Waals surface area contributed by atoms with Crippen LogP contribution in [0.4, 0.5) is 14.5 Å². The van der Waals surface area contributed by atoms with Crippen molar-refractivity contribution < 1.29 is 18.4 Å². The van der Waals surface area contributed by atoms with Gasteiger partial charge in [0.15, 0.2) is 0 Å². The van der Waals surface area contributed by atoms with Crippen molar-refractivity contribution in [3.8, 4) is 0 Å². The molecule has 29 heavy (non-hydrogen) atoms. The molecule has 0 spiro atoms. The predicted octanol–water partition coefficient (Wildman–Crippen LogP) is 3.10. The van der Waals surface area contributed by atoms with E-state index in [-0.39, 0.29) is 29.8 Å². The monoisotopic (exact) mass is 440 g/mol. The molecule has 2 aromatic carbocycles. The Labute approximate surface area is 176 Å². The molecule has 2 aromatic rings. The summed E-state index contributed by atoms with van der Waals surface area (Å²) in [6, 6.07) is 8.82. The molecule has 0 saturated carbocycles. The van der Waals surface area contributed by atoms with E-state index in [1.54, 1.807) is 29.6 Å². The number of benzene rings is 2. The van der Waals surface area contributed by atoms with E-state index in [0.29, 0.717) is 11.3 Å². The molecular formula is C19H19ClF2N4O2S. The maximum absolute atomic E-state index is 13.7. The fraction of sp³-hybridized carbons (Fsp3) is 0.263. The summed E-state index contributed by atoms with van der Waals surface area (Å²) in [5, 5.41) is 5.27. The van der Waals surface area contributed by atoms with Crippen molar-refractivity contribution in [2.75, 3.05) is 12.4 Å². The quantitative estimate of drug-likeness (QED) is 0.623. The smallest absolute Gasteiger partial charge is 0.242 e. The first-order chi connectivity index (χ1) is 13.8. The topological polar surface area (TPSA) is 73.5 Å². The fourth-order valence-corrected chi connectivity index (χ4v) is 3.80. The highest BCUT2D eigenvalue weighted by molar-refractivity contribution is 7.95. The molecule has 10 heteroatoms. The van der Waals surface area contributed by atoms with Crippen molar-refractivity contribution in [3.05, 3.63) is 64.7 Å². The summed E-state index contributed by atoms with van der Waals surface area (Å²) in [6.45, 7) is 0.0507. The Hall–Kier alpha value is -2.20. The third kappa shape index (κ3) is 5.45. The van der Waals surface area contributed by atoms with Gasteiger partial charge in [-0.25, -0.2) is 17.8 Å². The third-order valence-electron chi connectivity index (χ3n) is 4.45. The zero-order chi connectivity index (χ0) is 21.0. The van der Waals surface area contributed by atoms with Gasteiger partial charge in [0.25, 0.3) is 0 Å². The molecule has 3 rings (SSSR count). The van der Waals surface area contributed by atoms with Gasteiger partial charge in [-0.05, 0) is 37.7 Å². The van der Waals surface area contributed by atoms with Crippen molar-refractivity contribution in [2.45, 2.75) is 25.0 Å². The highest BCUT2D eigenvalue weighted by Gasteiger charge is 2.35. The predicted molar refractivity (Wildman–Crippen MR) is 109 cm³/mol. The van der Waals surface area contributed by atoms with Crippen LogP contribution in [-0.4, -0.2) is 35.3 Å². The zero-order valence-electron chi connectivity index (χ0n) is 15.4. The number of nitrogens with zero attached hydrogens (tertiary/aromatic N) is 1. The molecule has 1 aliphatic rings. The first-order valence-electron chi connectivity index (χ1n) is 8.77. The molecular weight excluding hydrogens is 422 g/mol. The molecule has 0 aliphatic carbocycles. The molecule has 2 atom stereocenters. The molecule has 0 radical (unpaired) electrons. The molecule has 1 saturated heterocycles. The number of likely N-dealkylation sites (N-methyl/N-ethyl adjacent to an activating group) is 1. The molecule has 0 aromatic heterocycles. The van der Waals surface area contributed by atoms with Gasteiger partial charge in [-0.2, -0.15) is 0 Å². The van der Waals surface area contributed by atoms with Crippen molar-refractivity contribution in [1.82, 2.24) is 14.3 Å². The average Bonchev–Trinajstić information content (AvgIpc) is 2.70. The minimum absolute atomic E-state index is 0.0507. The molecule has 3 N–H and O–H groups in total. The van der Waals surface area contributed by atoms with Gasteiger partial charge in [0.1, 0.15) is 17.7 Å². The van der Waals surface area contributed by atoms with E-state index in [9.17, 15) is 18.4 Å². The molecule has 0 bridgehead atoms. The summed E-state index contributed by atoms with van der Waals surface area (Å²) in [5.74, 6) is -1.66. The third-order valence-corrected chi connectivity index (χ3v) is 5.68. The van der Waals surface area contributed by atoms with E-state index in [4.69, 9.17) is 11.6 Å². The van der Waals surface area contributed by atoms with E-state index in [2.05, 4.69) is 15.4 Å². The molecule has 1 fully saturated rings. The molecule has 1 aliphatic heterocycles. The standard InChI is InChI=1S/C19H19ClF2N4O2S/c1-26-17(19(28)24-12-6-7-15(22)13(20)8-12)9-16(25-29-26)18(27)23-10-11-4-2-3-5-14(11)21/h2-8,16-17,25H,9-10H2,1H3,(H,23,27)(H,24,28). The minimum atomic E-state index is -0.643. The van der Waals surface area contributed by atoms with Crippen LogP contribution in [0.15, 0.2) is 42.5 Å². The van der Waals surface area contributed by atoms with Gasteiger partial charge in [-0.3, -0.25) is 9.59 Å². The van der Waals surface area contributed by atoms with Crippen molar-refractivity contribution in [2.24, 2.45) is 0 Å². The highest BCUT2D eigenvalue weighted by Crippen LogP contribution is 2.24. The van der Waals surface area contributed by atoms with E-state index < -0.39 is 23.7 Å². The van der Waals surface area contributed by atoms with Crippen LogP contribution in [0.3, 0.4) is 0 Å². The Morgan fingerprint density at radius 3 is 2.69 bits per heavy atom. The van der Waals surface area contributed by atoms with E-state index in [1.807, 2.05) is 0 Å². The largest absolute Gasteiger partial charge is 0.351 e. The van der Waals surface area contributed by atoms with Crippen LogP contribution in [0.25, 0.3) is 0 Å². The number of rotatable bonds is 5. The Bertz CT molecular complexity index is 918. The Kier molecular flexibility index (Phi) is 7.07. The number of carbonyl (C=O) groups excluding carboxylic acids is 2. The number of hydrogen-bond acceptors (Lipinski definition) is 5. The van der Waals surface area contributed by atoms with Gasteiger partial charge in [0, 0.05) is 29.9 Å². The summed E-state index contributed by atoms with van der Waals surface area (Å²) in [4.78, 5) is 25.1. The maximum Gasteiger partial charge on any atom is 0.242 e. The van der Waals surface area contributed by atoms with Crippen molar-refractivity contribution in [1.29, 1.82) is 0 Å². The van der Waals surface area contributed by atoms with Crippen LogP contribution < -0.4 is 15.4 Å². The lowest BCUT2D eigenvalue weighted by molar-refractivity contribution is -0.124. The number of halogens is 3. The van der Waals surface area contributed by atoms with Gasteiger partial charge in [-0.1, -0.05) is 29.8 Å². The lowest BCUT2D eigenvalue weighted by atomic mass is 10.1. The second kappa shape index (κ2) is 9.53. The first-order valence-corrected chi connectivity index (χ1v) is 9.92. The van der Waals surface area contributed by atoms with Gasteiger partial charge in [0.2, 0.25) is 11.8 Å². The van der Waals surface area contributed by atoms with Crippen LogP contribution in [0, 0.1) is 11.6 Å². The normalized spacial score (nSPS) is 19.6. The van der Waals surface area contributed by atoms with E-state index in [1.165, 1.54) is 18.2 Å². The van der Waals surface area contributed by atoms with E-state index >= 15 is 0 Å². The molecule has 6 nitrogen and oxygen atoms in total. The SMILES string of the molecule is CN1SNC(C(=O)NCc2ccccc2F)CC1C(=O)Nc1ccc(F)c(Cl)c1. The van der Waals surface area contributed by atoms with Crippen LogP contribution in [0.5, 0.6) is 0 Å². The fourth-order valence-electron chi connectivity index (χ4n) is 2.81. The summed E-state index contributed by atoms with van der Waals surface area (Å²) in [5.41, 5.74) is 0.739. The van der Waals surface area contributed by atoms with Gasteiger partial charge in [-0.15, -0.1) is 0 Å². The van der Waals surface area contributed by atoms with Crippen LogP contribution in [-0.2, 0) is 16.1 Å². The number of carbonyl (C=O) groups is 2. The number of hydrogen-bond donors (Lipinski definition) is 3. The molecule has 2 unspecified atom stereocenters. The Balaban J connectivity index is 1.60. The Morgan fingerprint density at radius 2 is 1.97 bits per heavy atom. The number of nitrogens with one attached hydrogen (secondary N) is 3. The van der Waals surface area contributed by atoms with Gasteiger partial charge in [0.05, 0.1) is 11.1 Å². The van der Waals surface area contributed by atoms with Crippen molar-refractivity contribution >= 4 is 41.2 Å². The number of anilines is 1. The van der Waals surface area contributed by atoms with Crippen LogP contribution in [0.1, 0.15) is 12.0 Å². The van der Waals surface area contributed by atoms with Gasteiger partial charge >= 0.3 is 0 Å². The Morgan fingerprint density at radius 1 is 1.21 bits per heavy atom. The average molecular weight is 441 g/mol. The van der Waals surface area contributed by atoms with E-state index in [0.717, 1.165) is 18.2 Å². The lowest BCUT2D eigenvalue weighted by Crippen LogP contribution is -2.54. The summed E-state index contributed by atoms with van der Waals surface area (Å²) < 4.78 is 31.6. The summed E-state index contributed by atoms with van der Waals surface area (Å²) in [6.07, 6.45) is 0.202. The van der Waals surface area contributed by atoms with Crippen LogP contribution in [0.2, 0.25) is 5.02 Å². The second-order valence-corrected chi connectivity index (χ2v) is 7.89. The molecule has 154 valence electrons. The first kappa shape index (κ1) is 21.5. The lowest BCUT2D eigenvalue weighted by Gasteiger charge is -2.34. The van der Waals surface area contributed by atoms with Crippen LogP contribution >= 0.6 is 23.7 Å². The molecule has 1 heterocycles. The highest BCUT2D eigenvalue weighted by atomic mass is 35.5. The van der Waals surface area contributed by atoms with Crippen molar-refractivity contribution in [3.63, 3.8) is 0 Å². The number of amides is 2. The minimum Gasteiger partial charge on any atom is -0.351 e.